The monoisotopic (exact) mass is 516 g/mol. The van der Waals surface area contributed by atoms with Crippen LogP contribution in [0.1, 0.15) is 47.2 Å². The molecule has 1 aliphatic rings. The highest BCUT2D eigenvalue weighted by Gasteiger charge is 2.31. The molecule has 1 aromatic heterocycles. The quantitative estimate of drug-likeness (QED) is 0.334. The number of carbonyl (C=O) groups is 3. The second kappa shape index (κ2) is 12.0. The highest BCUT2D eigenvalue weighted by Crippen LogP contribution is 2.36. The topological polar surface area (TPSA) is 85.8 Å². The van der Waals surface area contributed by atoms with E-state index in [1.807, 2.05) is 13.0 Å². The van der Waals surface area contributed by atoms with Gasteiger partial charge in [0.05, 0.1) is 35.0 Å². The molecule has 1 heterocycles. The fourth-order valence-electron chi connectivity index (χ4n) is 3.86. The van der Waals surface area contributed by atoms with Crippen molar-refractivity contribution in [2.75, 3.05) is 18.6 Å². The molecule has 0 fully saturated rings. The lowest BCUT2D eigenvalue weighted by atomic mass is 9.90. The number of pyridine rings is 1. The van der Waals surface area contributed by atoms with Gasteiger partial charge in [-0.1, -0.05) is 35.9 Å². The van der Waals surface area contributed by atoms with Gasteiger partial charge >= 0.3 is 11.9 Å². The van der Waals surface area contributed by atoms with Crippen LogP contribution in [-0.4, -0.2) is 36.5 Å². The molecular weight excluding hydrogens is 491 g/mol. The van der Waals surface area contributed by atoms with Crippen molar-refractivity contribution in [2.45, 2.75) is 39.2 Å². The molecule has 184 valence electrons. The average molecular weight is 517 g/mol. The summed E-state index contributed by atoms with van der Waals surface area (Å²) < 4.78 is 10.1. The molecule has 1 aliphatic carbocycles. The number of esters is 2. The zero-order chi connectivity index (χ0) is 25.5. The van der Waals surface area contributed by atoms with E-state index in [0.29, 0.717) is 24.0 Å². The standard InChI is InChI=1S/C26H26Cl2N2O5/c1-4-11-35-26(33)19-8-6-5-7-18(19)24(31)30(15-17-14-29-10-9-16(17)2)23-12-20(25(32)34-3)21(27)13-22(23)28/h4,9-10,12-14H,1,5-8,11,15H2,2-3H3. The fraction of sp³-hybridized carbons (Fsp3) is 0.308. The Bertz CT molecular complexity index is 1190. The van der Waals surface area contributed by atoms with Crippen LogP contribution in [0.25, 0.3) is 0 Å². The van der Waals surface area contributed by atoms with E-state index in [4.69, 9.17) is 32.7 Å². The Morgan fingerprint density at radius 3 is 2.49 bits per heavy atom. The summed E-state index contributed by atoms with van der Waals surface area (Å²) in [6.07, 6.45) is 7.16. The van der Waals surface area contributed by atoms with Crippen molar-refractivity contribution >= 4 is 46.7 Å². The fourth-order valence-corrected chi connectivity index (χ4v) is 4.42. The maximum atomic E-state index is 14.0. The molecule has 0 N–H and O–H groups in total. The van der Waals surface area contributed by atoms with E-state index in [2.05, 4.69) is 11.6 Å². The molecule has 0 saturated carbocycles. The molecule has 0 saturated heterocycles. The van der Waals surface area contributed by atoms with Gasteiger partial charge in [0.15, 0.2) is 0 Å². The van der Waals surface area contributed by atoms with Gasteiger partial charge in [-0.3, -0.25) is 9.78 Å². The van der Waals surface area contributed by atoms with Crippen LogP contribution >= 0.6 is 23.2 Å². The van der Waals surface area contributed by atoms with Crippen molar-refractivity contribution in [1.82, 2.24) is 4.98 Å². The largest absolute Gasteiger partial charge is 0.465 e. The number of methoxy groups -OCH3 is 1. The van der Waals surface area contributed by atoms with E-state index >= 15 is 0 Å². The highest BCUT2D eigenvalue weighted by atomic mass is 35.5. The van der Waals surface area contributed by atoms with Gasteiger partial charge in [-0.2, -0.15) is 0 Å². The Kier molecular flexibility index (Phi) is 9.07. The summed E-state index contributed by atoms with van der Waals surface area (Å²) in [7, 11) is 1.24. The Hall–Kier alpha value is -3.16. The predicted octanol–water partition coefficient (Wildman–Crippen LogP) is 5.62. The molecule has 0 unspecified atom stereocenters. The molecule has 35 heavy (non-hydrogen) atoms. The first-order valence-electron chi connectivity index (χ1n) is 11.1. The summed E-state index contributed by atoms with van der Waals surface area (Å²) in [5, 5.41) is 0.269. The van der Waals surface area contributed by atoms with Crippen LogP contribution in [0.5, 0.6) is 0 Å². The summed E-state index contributed by atoms with van der Waals surface area (Å²) in [4.78, 5) is 44.6. The van der Waals surface area contributed by atoms with Crippen molar-refractivity contribution in [3.8, 4) is 0 Å². The molecule has 2 aromatic rings. The van der Waals surface area contributed by atoms with E-state index < -0.39 is 17.8 Å². The minimum Gasteiger partial charge on any atom is -0.465 e. The number of carbonyl (C=O) groups excluding carboxylic acids is 3. The lowest BCUT2D eigenvalue weighted by Crippen LogP contribution is -2.34. The molecular formula is C26H26Cl2N2O5. The number of halogens is 2. The van der Waals surface area contributed by atoms with E-state index in [9.17, 15) is 14.4 Å². The van der Waals surface area contributed by atoms with Gasteiger partial charge in [0.25, 0.3) is 5.91 Å². The number of aryl methyl sites for hydroxylation is 1. The SMILES string of the molecule is C=CCOC(=O)C1=C(C(=O)N(Cc2cnccc2C)c2cc(C(=O)OC)c(Cl)cc2Cl)CCCC1. The van der Waals surface area contributed by atoms with Gasteiger partial charge in [-0.05, 0) is 61.9 Å². The third-order valence-electron chi connectivity index (χ3n) is 5.76. The van der Waals surface area contributed by atoms with Crippen molar-refractivity contribution in [1.29, 1.82) is 0 Å². The molecule has 0 atom stereocenters. The second-order valence-corrected chi connectivity index (χ2v) is 8.83. The van der Waals surface area contributed by atoms with Crippen LogP contribution in [-0.2, 0) is 25.6 Å². The number of anilines is 1. The summed E-state index contributed by atoms with van der Waals surface area (Å²) in [5.74, 6) is -1.61. The number of hydrogen-bond acceptors (Lipinski definition) is 6. The van der Waals surface area contributed by atoms with Crippen molar-refractivity contribution in [2.24, 2.45) is 0 Å². The lowest BCUT2D eigenvalue weighted by Gasteiger charge is -2.28. The average Bonchev–Trinajstić information content (AvgIpc) is 2.86. The Labute approximate surface area is 214 Å². The summed E-state index contributed by atoms with van der Waals surface area (Å²) in [6, 6.07) is 4.66. The maximum absolute atomic E-state index is 14.0. The number of rotatable bonds is 8. The van der Waals surface area contributed by atoms with Gasteiger partial charge in [0, 0.05) is 23.5 Å². The number of hydrogen-bond donors (Lipinski definition) is 0. The third kappa shape index (κ3) is 6.10. The molecule has 0 spiro atoms. The Balaban J connectivity index is 2.15. The molecule has 1 amide bonds. The zero-order valence-electron chi connectivity index (χ0n) is 19.6. The molecule has 0 radical (unpaired) electrons. The maximum Gasteiger partial charge on any atom is 0.339 e. The molecule has 1 aromatic carbocycles. The van der Waals surface area contributed by atoms with Gasteiger partial charge < -0.3 is 14.4 Å². The lowest BCUT2D eigenvalue weighted by molar-refractivity contribution is -0.138. The van der Waals surface area contributed by atoms with E-state index in [1.54, 1.807) is 12.4 Å². The first kappa shape index (κ1) is 26.4. The minimum atomic E-state index is -0.663. The molecule has 7 nitrogen and oxygen atoms in total. The number of aromatic nitrogens is 1. The summed E-state index contributed by atoms with van der Waals surface area (Å²) >= 11 is 12.8. The van der Waals surface area contributed by atoms with Crippen LogP contribution in [0.2, 0.25) is 10.0 Å². The van der Waals surface area contributed by atoms with Crippen molar-refractivity contribution in [3.63, 3.8) is 0 Å². The first-order valence-corrected chi connectivity index (χ1v) is 11.8. The van der Waals surface area contributed by atoms with Gasteiger partial charge in [0.1, 0.15) is 6.61 Å². The van der Waals surface area contributed by atoms with Crippen LogP contribution in [0.3, 0.4) is 0 Å². The zero-order valence-corrected chi connectivity index (χ0v) is 21.1. The Morgan fingerprint density at radius 2 is 1.83 bits per heavy atom. The molecule has 9 heteroatoms. The predicted molar refractivity (Wildman–Crippen MR) is 135 cm³/mol. The van der Waals surface area contributed by atoms with Crippen molar-refractivity contribution in [3.05, 3.63) is 81.1 Å². The molecule has 3 rings (SSSR count). The number of nitrogens with zero attached hydrogens (tertiary/aromatic N) is 2. The van der Waals surface area contributed by atoms with E-state index in [1.165, 1.54) is 30.2 Å². The third-order valence-corrected chi connectivity index (χ3v) is 6.37. The smallest absolute Gasteiger partial charge is 0.339 e. The normalized spacial score (nSPS) is 13.3. The van der Waals surface area contributed by atoms with Crippen LogP contribution in [0.4, 0.5) is 5.69 Å². The van der Waals surface area contributed by atoms with Gasteiger partial charge in [0.2, 0.25) is 0 Å². The summed E-state index contributed by atoms with van der Waals surface area (Å²) in [6.45, 7) is 5.63. The van der Waals surface area contributed by atoms with Crippen molar-refractivity contribution < 1.29 is 23.9 Å². The highest BCUT2D eigenvalue weighted by molar-refractivity contribution is 6.38. The van der Waals surface area contributed by atoms with Gasteiger partial charge in [-0.25, -0.2) is 9.59 Å². The minimum absolute atomic E-state index is 0.0495. The van der Waals surface area contributed by atoms with Crippen LogP contribution in [0, 0.1) is 6.92 Å². The number of ether oxygens (including phenoxy) is 2. The Morgan fingerprint density at radius 1 is 1.11 bits per heavy atom. The first-order chi connectivity index (χ1) is 16.8. The van der Waals surface area contributed by atoms with E-state index in [-0.39, 0.29) is 34.4 Å². The molecule has 0 aliphatic heterocycles. The number of amides is 1. The number of benzene rings is 1. The van der Waals surface area contributed by atoms with E-state index in [0.717, 1.165) is 24.0 Å². The summed E-state index contributed by atoms with van der Waals surface area (Å²) in [5.41, 5.74) is 2.73. The second-order valence-electron chi connectivity index (χ2n) is 8.02. The van der Waals surface area contributed by atoms with Crippen LogP contribution in [0.15, 0.2) is 54.4 Å². The van der Waals surface area contributed by atoms with Crippen LogP contribution < -0.4 is 4.90 Å². The molecule has 0 bridgehead atoms. The van der Waals surface area contributed by atoms with Gasteiger partial charge in [-0.15, -0.1) is 0 Å².